The molecule has 0 radical (unpaired) electrons. The molecule has 3 aromatic rings. The van der Waals surface area contributed by atoms with Crippen LogP contribution in [0.5, 0.6) is 0 Å². The molecule has 2 fully saturated rings. The number of aromatic nitrogens is 3. The Hall–Kier alpha value is -3.46. The number of aromatic amines is 1. The molecule has 1 spiro atoms. The fourth-order valence-corrected chi connectivity index (χ4v) is 4.81. The molecule has 9 nitrogen and oxygen atoms in total. The van der Waals surface area contributed by atoms with Crippen molar-refractivity contribution in [1.29, 1.82) is 0 Å². The van der Waals surface area contributed by atoms with Crippen LogP contribution in [0.25, 0.3) is 11.0 Å². The minimum atomic E-state index is -1.07. The van der Waals surface area contributed by atoms with E-state index in [0.29, 0.717) is 13.0 Å². The molecule has 3 heterocycles. The molecule has 1 aliphatic carbocycles. The van der Waals surface area contributed by atoms with Crippen molar-refractivity contribution in [2.45, 2.75) is 31.9 Å². The Kier molecular flexibility index (Phi) is 5.72. The molecule has 33 heavy (non-hydrogen) atoms. The highest BCUT2D eigenvalue weighted by Crippen LogP contribution is 2.56. The second-order valence-corrected chi connectivity index (χ2v) is 8.90. The molecule has 0 unspecified atom stereocenters. The highest BCUT2D eigenvalue weighted by molar-refractivity contribution is 5.89. The van der Waals surface area contributed by atoms with Gasteiger partial charge in [0.05, 0.1) is 12.0 Å². The van der Waals surface area contributed by atoms with Crippen LogP contribution in [-0.2, 0) is 20.9 Å². The number of benzene rings is 1. The van der Waals surface area contributed by atoms with Crippen molar-refractivity contribution in [2.75, 3.05) is 24.6 Å². The maximum atomic E-state index is 13.1. The molecule has 1 aromatic carbocycles. The average molecular weight is 450 g/mol. The Morgan fingerprint density at radius 3 is 2.82 bits per heavy atom. The van der Waals surface area contributed by atoms with Gasteiger partial charge in [-0.15, -0.1) is 0 Å². The van der Waals surface area contributed by atoms with Gasteiger partial charge in [-0.1, -0.05) is 30.3 Å². The van der Waals surface area contributed by atoms with Gasteiger partial charge < -0.3 is 25.0 Å². The van der Waals surface area contributed by atoms with Crippen molar-refractivity contribution in [1.82, 2.24) is 20.3 Å². The van der Waals surface area contributed by atoms with Gasteiger partial charge in [0.2, 0.25) is 5.91 Å². The van der Waals surface area contributed by atoms with Crippen LogP contribution in [0.1, 0.15) is 24.8 Å². The summed E-state index contributed by atoms with van der Waals surface area (Å²) in [5.41, 5.74) is 1.51. The molecule has 2 aromatic heterocycles. The summed E-state index contributed by atoms with van der Waals surface area (Å²) in [5, 5.41) is 13.4. The number of fused-ring (bicyclic) bond motifs is 1. The zero-order valence-electron chi connectivity index (χ0n) is 18.2. The second kappa shape index (κ2) is 8.82. The van der Waals surface area contributed by atoms with Crippen molar-refractivity contribution in [3.63, 3.8) is 0 Å². The van der Waals surface area contributed by atoms with Gasteiger partial charge in [0, 0.05) is 25.2 Å². The summed E-state index contributed by atoms with van der Waals surface area (Å²) in [5.74, 6) is -0.164. The summed E-state index contributed by atoms with van der Waals surface area (Å²) >= 11 is 0. The van der Waals surface area contributed by atoms with Gasteiger partial charge in [0.15, 0.2) is 6.04 Å². The Labute approximate surface area is 191 Å². The van der Waals surface area contributed by atoms with E-state index in [9.17, 15) is 14.7 Å². The number of anilines is 1. The smallest absolute Gasteiger partial charge is 0.331 e. The average Bonchev–Trinajstić information content (AvgIpc) is 3.42. The number of nitrogens with zero attached hydrogens (tertiary/aromatic N) is 3. The van der Waals surface area contributed by atoms with E-state index in [4.69, 9.17) is 4.74 Å². The SMILES string of the molecule is O=C(OCc1ccccc1)[C@H](CO)NC(=O)[C@H]1CCN(c2ncnc3[nH]ccc23)CC12CC2. The number of rotatable bonds is 7. The molecular formula is C24H27N5O4. The van der Waals surface area contributed by atoms with Crippen molar-refractivity contribution < 1.29 is 19.4 Å². The molecule has 172 valence electrons. The van der Waals surface area contributed by atoms with E-state index in [1.54, 1.807) is 6.33 Å². The number of piperidine rings is 1. The normalized spacial score (nSPS) is 19.9. The fraction of sp³-hybridized carbons (Fsp3) is 0.417. The summed E-state index contributed by atoms with van der Waals surface area (Å²) < 4.78 is 5.31. The lowest BCUT2D eigenvalue weighted by Crippen LogP contribution is -2.52. The minimum Gasteiger partial charge on any atom is -0.459 e. The van der Waals surface area contributed by atoms with E-state index in [-0.39, 0.29) is 23.8 Å². The molecule has 1 aliphatic heterocycles. The zero-order chi connectivity index (χ0) is 22.8. The van der Waals surface area contributed by atoms with Crippen LogP contribution in [0.2, 0.25) is 0 Å². The van der Waals surface area contributed by atoms with E-state index in [2.05, 4.69) is 25.2 Å². The number of aliphatic hydroxyl groups excluding tert-OH is 1. The quantitative estimate of drug-likeness (QED) is 0.470. The topological polar surface area (TPSA) is 120 Å². The van der Waals surface area contributed by atoms with Crippen LogP contribution in [-0.4, -0.2) is 57.7 Å². The van der Waals surface area contributed by atoms with Crippen molar-refractivity contribution >= 4 is 28.7 Å². The molecule has 2 atom stereocenters. The van der Waals surface area contributed by atoms with Gasteiger partial charge >= 0.3 is 5.97 Å². The molecule has 1 saturated carbocycles. The number of ether oxygens (including phenoxy) is 1. The third kappa shape index (κ3) is 4.28. The van der Waals surface area contributed by atoms with Gasteiger partial charge in [0.25, 0.3) is 0 Å². The second-order valence-electron chi connectivity index (χ2n) is 8.90. The van der Waals surface area contributed by atoms with Crippen molar-refractivity contribution in [2.24, 2.45) is 11.3 Å². The minimum absolute atomic E-state index is 0.0981. The molecule has 0 bridgehead atoms. The molecule has 1 saturated heterocycles. The zero-order valence-corrected chi connectivity index (χ0v) is 18.2. The van der Waals surface area contributed by atoms with Crippen molar-refractivity contribution in [3.05, 3.63) is 54.5 Å². The lowest BCUT2D eigenvalue weighted by molar-refractivity contribution is -0.151. The largest absolute Gasteiger partial charge is 0.459 e. The van der Waals surface area contributed by atoms with Gasteiger partial charge in [-0.2, -0.15) is 0 Å². The molecule has 5 rings (SSSR count). The number of aliphatic hydroxyl groups is 1. The van der Waals surface area contributed by atoms with E-state index >= 15 is 0 Å². The Bertz CT molecular complexity index is 1140. The summed E-state index contributed by atoms with van der Waals surface area (Å²) in [6.45, 7) is 1.00. The van der Waals surface area contributed by atoms with Gasteiger partial charge in [-0.3, -0.25) is 4.79 Å². The highest BCUT2D eigenvalue weighted by Gasteiger charge is 2.55. The predicted octanol–water partition coefficient (Wildman–Crippen LogP) is 1.78. The molecule has 9 heteroatoms. The summed E-state index contributed by atoms with van der Waals surface area (Å²) in [7, 11) is 0. The van der Waals surface area contributed by atoms with E-state index in [1.807, 2.05) is 42.6 Å². The molecule has 2 aliphatic rings. The number of carbonyl (C=O) groups excluding carboxylic acids is 2. The van der Waals surface area contributed by atoms with Crippen LogP contribution in [0.15, 0.2) is 48.9 Å². The fourth-order valence-electron chi connectivity index (χ4n) is 4.81. The maximum Gasteiger partial charge on any atom is 0.331 e. The first-order valence-electron chi connectivity index (χ1n) is 11.2. The first-order valence-corrected chi connectivity index (χ1v) is 11.2. The molecule has 1 amide bonds. The number of hydrogen-bond donors (Lipinski definition) is 3. The summed E-state index contributed by atoms with van der Waals surface area (Å²) in [6.07, 6.45) is 5.95. The Morgan fingerprint density at radius 2 is 2.06 bits per heavy atom. The number of H-pyrrole nitrogens is 1. The number of esters is 1. The van der Waals surface area contributed by atoms with E-state index in [0.717, 1.165) is 41.8 Å². The maximum absolute atomic E-state index is 13.1. The molecule has 3 N–H and O–H groups in total. The molecular weight excluding hydrogens is 422 g/mol. The van der Waals surface area contributed by atoms with E-state index < -0.39 is 18.6 Å². The number of nitrogens with one attached hydrogen (secondary N) is 2. The Morgan fingerprint density at radius 1 is 1.24 bits per heavy atom. The van der Waals surface area contributed by atoms with Crippen LogP contribution < -0.4 is 10.2 Å². The monoisotopic (exact) mass is 449 g/mol. The number of hydrogen-bond acceptors (Lipinski definition) is 7. The first-order chi connectivity index (χ1) is 16.1. The van der Waals surface area contributed by atoms with Crippen molar-refractivity contribution in [3.8, 4) is 0 Å². The Balaban J connectivity index is 1.22. The van der Waals surface area contributed by atoms with E-state index in [1.165, 1.54) is 0 Å². The highest BCUT2D eigenvalue weighted by atomic mass is 16.5. The van der Waals surface area contributed by atoms with Crippen LogP contribution >= 0.6 is 0 Å². The first kappa shape index (κ1) is 21.4. The lowest BCUT2D eigenvalue weighted by Gasteiger charge is -2.39. The third-order valence-electron chi connectivity index (χ3n) is 6.78. The van der Waals surface area contributed by atoms with Gasteiger partial charge in [0.1, 0.15) is 24.4 Å². The third-order valence-corrected chi connectivity index (χ3v) is 6.78. The van der Waals surface area contributed by atoms with Crippen LogP contribution in [0.4, 0.5) is 5.82 Å². The summed E-state index contributed by atoms with van der Waals surface area (Å²) in [4.78, 5) is 39.7. The predicted molar refractivity (Wildman–Crippen MR) is 121 cm³/mol. The van der Waals surface area contributed by atoms with Crippen LogP contribution in [0.3, 0.4) is 0 Å². The van der Waals surface area contributed by atoms with Crippen LogP contribution in [0, 0.1) is 11.3 Å². The lowest BCUT2D eigenvalue weighted by atomic mass is 9.81. The van der Waals surface area contributed by atoms with Gasteiger partial charge in [-0.25, -0.2) is 14.8 Å². The summed E-state index contributed by atoms with van der Waals surface area (Å²) in [6, 6.07) is 10.2. The van der Waals surface area contributed by atoms with Gasteiger partial charge in [-0.05, 0) is 36.3 Å². The standard InChI is InChI=1S/C24H27N5O4/c30-12-19(23(32)33-13-16-4-2-1-3-5-16)28-22(31)18-7-11-29(14-24(18)8-9-24)21-17-6-10-25-20(17)26-15-27-21/h1-6,10,15,18-19,30H,7-9,11-14H2,(H,28,31)(H,25,26,27)/t18-,19+/m1/s1. The number of amides is 1. The number of carbonyl (C=O) groups is 2.